The van der Waals surface area contributed by atoms with E-state index in [0.29, 0.717) is 6.04 Å². The van der Waals surface area contributed by atoms with Gasteiger partial charge in [0.2, 0.25) is 0 Å². The van der Waals surface area contributed by atoms with Crippen LogP contribution in [0.1, 0.15) is 40.5 Å². The predicted molar refractivity (Wildman–Crippen MR) is 55.0 cm³/mol. The molecule has 0 bridgehead atoms. The Labute approximate surface area is 76.9 Å². The van der Waals surface area contributed by atoms with Gasteiger partial charge in [0.1, 0.15) is 0 Å². The first-order chi connectivity index (χ1) is 5.60. The van der Waals surface area contributed by atoms with E-state index in [0.717, 1.165) is 5.92 Å². The molecule has 0 radical (unpaired) electrons. The van der Waals surface area contributed by atoms with Crippen LogP contribution in [0.4, 0.5) is 0 Å². The van der Waals surface area contributed by atoms with Crippen molar-refractivity contribution in [2.75, 3.05) is 0 Å². The number of hydrogen-bond donors (Lipinski definition) is 1. The van der Waals surface area contributed by atoms with Crippen LogP contribution in [0.15, 0.2) is 0 Å². The summed E-state index contributed by atoms with van der Waals surface area (Å²) in [7, 11) is 0. The fourth-order valence-electron chi connectivity index (χ4n) is 1.31. The van der Waals surface area contributed by atoms with Crippen LogP contribution in [0, 0.1) is 18.3 Å². The van der Waals surface area contributed by atoms with E-state index in [2.05, 4.69) is 32.0 Å². The second kappa shape index (κ2) is 6.08. The third-order valence-electron chi connectivity index (χ3n) is 2.24. The van der Waals surface area contributed by atoms with Crippen LogP contribution in [0.2, 0.25) is 0 Å². The summed E-state index contributed by atoms with van der Waals surface area (Å²) in [5.74, 6) is 3.47. The standard InChI is InChI=1S/C11H21N/c1-6-9(3)8-11(5)12-10(4)7-2/h2,9-12H,6,8H2,1,3-5H3. The third-order valence-corrected chi connectivity index (χ3v) is 2.24. The molecule has 70 valence electrons. The van der Waals surface area contributed by atoms with Crippen molar-refractivity contribution < 1.29 is 0 Å². The minimum atomic E-state index is 0.198. The highest BCUT2D eigenvalue weighted by molar-refractivity contribution is 4.96. The maximum absolute atomic E-state index is 5.27. The molecule has 0 heterocycles. The first-order valence-electron chi connectivity index (χ1n) is 4.82. The lowest BCUT2D eigenvalue weighted by Gasteiger charge is -2.19. The van der Waals surface area contributed by atoms with Gasteiger partial charge in [0, 0.05) is 6.04 Å². The van der Waals surface area contributed by atoms with E-state index in [1.165, 1.54) is 12.8 Å². The van der Waals surface area contributed by atoms with Crippen molar-refractivity contribution in [3.63, 3.8) is 0 Å². The van der Waals surface area contributed by atoms with E-state index in [1.807, 2.05) is 6.92 Å². The lowest BCUT2D eigenvalue weighted by molar-refractivity contribution is 0.404. The quantitative estimate of drug-likeness (QED) is 0.620. The Bertz CT molecular complexity index is 146. The van der Waals surface area contributed by atoms with Gasteiger partial charge >= 0.3 is 0 Å². The molecular formula is C11H21N. The normalized spacial score (nSPS) is 17.9. The Hall–Kier alpha value is -0.480. The van der Waals surface area contributed by atoms with Crippen molar-refractivity contribution in [3.8, 4) is 12.3 Å². The zero-order valence-corrected chi connectivity index (χ0v) is 8.72. The minimum Gasteiger partial charge on any atom is -0.301 e. The van der Waals surface area contributed by atoms with Crippen LogP contribution >= 0.6 is 0 Å². The van der Waals surface area contributed by atoms with Gasteiger partial charge in [-0.05, 0) is 26.2 Å². The fourth-order valence-corrected chi connectivity index (χ4v) is 1.31. The predicted octanol–water partition coefficient (Wildman–Crippen LogP) is 2.42. The molecule has 0 saturated carbocycles. The van der Waals surface area contributed by atoms with Gasteiger partial charge in [-0.3, -0.25) is 0 Å². The van der Waals surface area contributed by atoms with Crippen LogP contribution in [0.3, 0.4) is 0 Å². The summed E-state index contributed by atoms with van der Waals surface area (Å²) in [4.78, 5) is 0. The topological polar surface area (TPSA) is 12.0 Å². The van der Waals surface area contributed by atoms with Crippen molar-refractivity contribution in [2.24, 2.45) is 5.92 Å². The van der Waals surface area contributed by atoms with Crippen LogP contribution in [0.5, 0.6) is 0 Å². The van der Waals surface area contributed by atoms with Gasteiger partial charge in [-0.1, -0.05) is 26.2 Å². The summed E-state index contributed by atoms with van der Waals surface area (Å²) in [6, 6.07) is 0.732. The van der Waals surface area contributed by atoms with E-state index in [1.54, 1.807) is 0 Å². The molecule has 3 atom stereocenters. The van der Waals surface area contributed by atoms with Gasteiger partial charge < -0.3 is 5.32 Å². The van der Waals surface area contributed by atoms with Crippen molar-refractivity contribution in [1.82, 2.24) is 5.32 Å². The van der Waals surface area contributed by atoms with E-state index in [9.17, 15) is 0 Å². The highest BCUT2D eigenvalue weighted by atomic mass is 14.9. The van der Waals surface area contributed by atoms with E-state index in [4.69, 9.17) is 6.42 Å². The van der Waals surface area contributed by atoms with Crippen LogP contribution in [-0.2, 0) is 0 Å². The summed E-state index contributed by atoms with van der Waals surface area (Å²) < 4.78 is 0. The molecule has 3 unspecified atom stereocenters. The molecule has 12 heavy (non-hydrogen) atoms. The van der Waals surface area contributed by atoms with Crippen molar-refractivity contribution in [3.05, 3.63) is 0 Å². The summed E-state index contributed by atoms with van der Waals surface area (Å²) in [6.07, 6.45) is 7.73. The summed E-state index contributed by atoms with van der Waals surface area (Å²) >= 11 is 0. The second-order valence-corrected chi connectivity index (χ2v) is 3.71. The molecule has 1 N–H and O–H groups in total. The molecule has 0 aromatic carbocycles. The van der Waals surface area contributed by atoms with Gasteiger partial charge in [-0.25, -0.2) is 0 Å². The Morgan fingerprint density at radius 1 is 1.33 bits per heavy atom. The Morgan fingerprint density at radius 3 is 2.33 bits per heavy atom. The first-order valence-corrected chi connectivity index (χ1v) is 4.82. The zero-order chi connectivity index (χ0) is 9.56. The molecule has 0 spiro atoms. The minimum absolute atomic E-state index is 0.198. The molecule has 0 aliphatic rings. The van der Waals surface area contributed by atoms with Crippen LogP contribution < -0.4 is 5.32 Å². The van der Waals surface area contributed by atoms with Gasteiger partial charge in [0.25, 0.3) is 0 Å². The molecule has 0 amide bonds. The van der Waals surface area contributed by atoms with Crippen LogP contribution in [0.25, 0.3) is 0 Å². The average molecular weight is 167 g/mol. The number of hydrogen-bond acceptors (Lipinski definition) is 1. The molecule has 0 saturated heterocycles. The fraction of sp³-hybridized carbons (Fsp3) is 0.818. The van der Waals surface area contributed by atoms with Gasteiger partial charge in [0.15, 0.2) is 0 Å². The van der Waals surface area contributed by atoms with Crippen LogP contribution in [-0.4, -0.2) is 12.1 Å². The van der Waals surface area contributed by atoms with E-state index >= 15 is 0 Å². The second-order valence-electron chi connectivity index (χ2n) is 3.71. The lowest BCUT2D eigenvalue weighted by atomic mass is 10.00. The largest absolute Gasteiger partial charge is 0.301 e. The van der Waals surface area contributed by atoms with E-state index < -0.39 is 0 Å². The SMILES string of the molecule is C#CC(C)NC(C)CC(C)CC. The molecular weight excluding hydrogens is 146 g/mol. The smallest absolute Gasteiger partial charge is 0.0660 e. The highest BCUT2D eigenvalue weighted by Gasteiger charge is 2.08. The molecule has 1 nitrogen and oxygen atoms in total. The lowest BCUT2D eigenvalue weighted by Crippen LogP contribution is -2.34. The Morgan fingerprint density at radius 2 is 1.92 bits per heavy atom. The zero-order valence-electron chi connectivity index (χ0n) is 8.72. The van der Waals surface area contributed by atoms with Crippen molar-refractivity contribution >= 4 is 0 Å². The van der Waals surface area contributed by atoms with E-state index in [-0.39, 0.29) is 6.04 Å². The van der Waals surface area contributed by atoms with Gasteiger partial charge in [-0.15, -0.1) is 6.42 Å². The Kier molecular flexibility index (Phi) is 5.84. The number of terminal acetylenes is 1. The molecule has 0 aromatic heterocycles. The average Bonchev–Trinajstić information content (AvgIpc) is 2.03. The summed E-state index contributed by atoms with van der Waals surface area (Å²) in [6.45, 7) is 8.72. The first kappa shape index (κ1) is 11.5. The highest BCUT2D eigenvalue weighted by Crippen LogP contribution is 2.09. The number of nitrogens with one attached hydrogen (secondary N) is 1. The van der Waals surface area contributed by atoms with Crippen molar-refractivity contribution in [2.45, 2.75) is 52.6 Å². The number of rotatable bonds is 5. The molecule has 0 aliphatic carbocycles. The van der Waals surface area contributed by atoms with Gasteiger partial charge in [-0.2, -0.15) is 0 Å². The Balaban J connectivity index is 3.60. The summed E-state index contributed by atoms with van der Waals surface area (Å²) in [5, 5.41) is 3.36. The van der Waals surface area contributed by atoms with Gasteiger partial charge in [0.05, 0.1) is 6.04 Å². The molecule has 0 aromatic rings. The summed E-state index contributed by atoms with van der Waals surface area (Å²) in [5.41, 5.74) is 0. The molecule has 1 heteroatoms. The monoisotopic (exact) mass is 167 g/mol. The molecule has 0 fully saturated rings. The third kappa shape index (κ3) is 5.21. The molecule has 0 aliphatic heterocycles. The maximum atomic E-state index is 5.27. The molecule has 0 rings (SSSR count). The van der Waals surface area contributed by atoms with Crippen molar-refractivity contribution in [1.29, 1.82) is 0 Å². The maximum Gasteiger partial charge on any atom is 0.0660 e.